The molecule has 142 valence electrons. The number of nitrogens with zero attached hydrogens (tertiary/aromatic N) is 6. The largest absolute Gasteiger partial charge is 0.350 e. The van der Waals surface area contributed by atoms with Crippen molar-refractivity contribution in [1.82, 2.24) is 24.7 Å². The molecule has 1 aliphatic carbocycles. The Morgan fingerprint density at radius 2 is 1.93 bits per heavy atom. The molecule has 3 aromatic rings. The third kappa shape index (κ3) is 3.28. The third-order valence-corrected chi connectivity index (χ3v) is 5.53. The summed E-state index contributed by atoms with van der Waals surface area (Å²) in [5.41, 5.74) is 2.69. The van der Waals surface area contributed by atoms with Crippen molar-refractivity contribution >= 4 is 5.82 Å². The maximum absolute atomic E-state index is 12.5. The van der Waals surface area contributed by atoms with E-state index < -0.39 is 0 Å². The zero-order valence-electron chi connectivity index (χ0n) is 15.6. The Kier molecular flexibility index (Phi) is 4.35. The molecule has 7 nitrogen and oxygen atoms in total. The second-order valence-corrected chi connectivity index (χ2v) is 7.51. The molecule has 0 N–H and O–H groups in total. The van der Waals surface area contributed by atoms with E-state index in [0.717, 1.165) is 42.2 Å². The number of aromatic nitrogens is 5. The van der Waals surface area contributed by atoms with Crippen LogP contribution in [-0.2, 0) is 6.54 Å². The number of hydrogen-bond acceptors (Lipinski definition) is 6. The molecule has 0 radical (unpaired) electrons. The molecule has 0 aromatic carbocycles. The number of anilines is 1. The molecule has 28 heavy (non-hydrogen) atoms. The van der Waals surface area contributed by atoms with E-state index in [9.17, 15) is 4.79 Å². The standard InChI is InChI=1S/C21H22N6O/c28-19-8-7-18(16-3-1-9-22-13-16)25-27(19)14-17-4-2-12-26(17)21-20(15-5-6-15)23-10-11-24-21/h1,3,7-11,13,15,17H,2,4-6,12,14H2. The van der Waals surface area contributed by atoms with Crippen LogP contribution >= 0.6 is 0 Å². The van der Waals surface area contributed by atoms with Gasteiger partial charge in [-0.25, -0.2) is 9.67 Å². The summed E-state index contributed by atoms with van der Waals surface area (Å²) in [5.74, 6) is 1.53. The van der Waals surface area contributed by atoms with Gasteiger partial charge in [0.15, 0.2) is 5.82 Å². The van der Waals surface area contributed by atoms with Crippen LogP contribution in [0.15, 0.2) is 53.8 Å². The smallest absolute Gasteiger partial charge is 0.266 e. The summed E-state index contributed by atoms with van der Waals surface area (Å²) in [5, 5.41) is 4.61. The van der Waals surface area contributed by atoms with Crippen LogP contribution < -0.4 is 10.5 Å². The fourth-order valence-electron chi connectivity index (χ4n) is 3.96. The van der Waals surface area contributed by atoms with Crippen LogP contribution in [0.5, 0.6) is 0 Å². The summed E-state index contributed by atoms with van der Waals surface area (Å²) in [6.45, 7) is 1.49. The average molecular weight is 374 g/mol. The molecule has 1 unspecified atom stereocenters. The van der Waals surface area contributed by atoms with E-state index in [0.29, 0.717) is 12.5 Å². The first-order valence-electron chi connectivity index (χ1n) is 9.86. The summed E-state index contributed by atoms with van der Waals surface area (Å²) < 4.78 is 1.58. The molecular weight excluding hydrogens is 352 g/mol. The predicted molar refractivity (Wildman–Crippen MR) is 106 cm³/mol. The number of pyridine rings is 1. The minimum Gasteiger partial charge on any atom is -0.350 e. The Morgan fingerprint density at radius 3 is 2.75 bits per heavy atom. The lowest BCUT2D eigenvalue weighted by molar-refractivity contribution is 0.488. The van der Waals surface area contributed by atoms with Gasteiger partial charge in [-0.15, -0.1) is 0 Å². The van der Waals surface area contributed by atoms with E-state index in [1.54, 1.807) is 41.6 Å². The third-order valence-electron chi connectivity index (χ3n) is 5.53. The highest BCUT2D eigenvalue weighted by Crippen LogP contribution is 2.43. The zero-order chi connectivity index (χ0) is 18.9. The molecule has 2 fully saturated rings. The van der Waals surface area contributed by atoms with Crippen molar-refractivity contribution in [1.29, 1.82) is 0 Å². The second kappa shape index (κ2) is 7.14. The van der Waals surface area contributed by atoms with Crippen LogP contribution in [0.3, 0.4) is 0 Å². The Balaban J connectivity index is 1.44. The molecule has 3 aromatic heterocycles. The maximum Gasteiger partial charge on any atom is 0.266 e. The fourth-order valence-corrected chi connectivity index (χ4v) is 3.96. The van der Waals surface area contributed by atoms with Gasteiger partial charge < -0.3 is 4.90 Å². The van der Waals surface area contributed by atoms with Gasteiger partial charge in [-0.1, -0.05) is 0 Å². The lowest BCUT2D eigenvalue weighted by Gasteiger charge is -2.27. The summed E-state index contributed by atoms with van der Waals surface area (Å²) in [4.78, 5) is 28.2. The molecule has 7 heteroatoms. The van der Waals surface area contributed by atoms with Gasteiger partial charge in [0.05, 0.1) is 24.0 Å². The van der Waals surface area contributed by atoms with Gasteiger partial charge >= 0.3 is 0 Å². The highest BCUT2D eigenvalue weighted by Gasteiger charge is 2.34. The van der Waals surface area contributed by atoms with E-state index in [2.05, 4.69) is 25.0 Å². The van der Waals surface area contributed by atoms with Crippen LogP contribution in [-0.4, -0.2) is 37.3 Å². The molecule has 1 aliphatic heterocycles. The Bertz CT molecular complexity index is 1030. The quantitative estimate of drug-likeness (QED) is 0.683. The first-order chi connectivity index (χ1) is 13.8. The molecule has 0 spiro atoms. The Morgan fingerprint density at radius 1 is 1.04 bits per heavy atom. The van der Waals surface area contributed by atoms with Crippen LogP contribution in [0.1, 0.15) is 37.3 Å². The highest BCUT2D eigenvalue weighted by atomic mass is 16.1. The molecule has 0 bridgehead atoms. The molecule has 1 saturated heterocycles. The van der Waals surface area contributed by atoms with Crippen molar-refractivity contribution in [2.75, 3.05) is 11.4 Å². The topological polar surface area (TPSA) is 76.8 Å². The van der Waals surface area contributed by atoms with E-state index >= 15 is 0 Å². The first-order valence-corrected chi connectivity index (χ1v) is 9.86. The van der Waals surface area contributed by atoms with E-state index in [1.807, 2.05) is 12.1 Å². The molecule has 2 aliphatic rings. The van der Waals surface area contributed by atoms with Gasteiger partial charge in [-0.3, -0.25) is 14.8 Å². The lowest BCUT2D eigenvalue weighted by Crippen LogP contribution is -2.38. The van der Waals surface area contributed by atoms with Crippen molar-refractivity contribution in [2.24, 2.45) is 0 Å². The average Bonchev–Trinajstić information content (AvgIpc) is 3.49. The number of rotatable bonds is 5. The SMILES string of the molecule is O=c1ccc(-c2cccnc2)nn1CC1CCCN1c1nccnc1C1CC1. The predicted octanol–water partition coefficient (Wildman–Crippen LogP) is 2.64. The van der Waals surface area contributed by atoms with Crippen LogP contribution in [0.25, 0.3) is 11.3 Å². The molecular formula is C21H22N6O. The Labute approximate surface area is 163 Å². The lowest BCUT2D eigenvalue weighted by atomic mass is 10.2. The summed E-state index contributed by atoms with van der Waals surface area (Å²) in [6.07, 6.45) is 11.5. The Hall–Kier alpha value is -3.09. The minimum atomic E-state index is -0.0824. The van der Waals surface area contributed by atoms with Gasteiger partial charge in [0.1, 0.15) is 0 Å². The zero-order valence-corrected chi connectivity index (χ0v) is 15.6. The van der Waals surface area contributed by atoms with Gasteiger partial charge in [-0.2, -0.15) is 5.10 Å². The van der Waals surface area contributed by atoms with E-state index in [1.165, 1.54) is 12.8 Å². The summed E-state index contributed by atoms with van der Waals surface area (Å²) in [6, 6.07) is 7.37. The highest BCUT2D eigenvalue weighted by molar-refractivity contribution is 5.56. The van der Waals surface area contributed by atoms with Crippen molar-refractivity contribution < 1.29 is 0 Å². The molecule has 4 heterocycles. The van der Waals surface area contributed by atoms with Crippen molar-refractivity contribution in [3.8, 4) is 11.3 Å². The summed E-state index contributed by atoms with van der Waals surface area (Å²) >= 11 is 0. The van der Waals surface area contributed by atoms with Gasteiger partial charge in [0.25, 0.3) is 5.56 Å². The number of hydrogen-bond donors (Lipinski definition) is 0. The molecule has 1 saturated carbocycles. The second-order valence-electron chi connectivity index (χ2n) is 7.51. The van der Waals surface area contributed by atoms with Crippen LogP contribution in [0.2, 0.25) is 0 Å². The van der Waals surface area contributed by atoms with Gasteiger partial charge in [-0.05, 0) is 43.9 Å². The van der Waals surface area contributed by atoms with Crippen molar-refractivity contribution in [2.45, 2.75) is 44.2 Å². The maximum atomic E-state index is 12.5. The van der Waals surface area contributed by atoms with Gasteiger partial charge in [0.2, 0.25) is 0 Å². The minimum absolute atomic E-state index is 0.0824. The van der Waals surface area contributed by atoms with Crippen molar-refractivity contribution in [3.05, 3.63) is 65.1 Å². The normalized spacial score (nSPS) is 19.1. The van der Waals surface area contributed by atoms with Crippen LogP contribution in [0.4, 0.5) is 5.82 Å². The first kappa shape index (κ1) is 17.0. The van der Waals surface area contributed by atoms with Crippen LogP contribution in [0, 0.1) is 0 Å². The molecule has 5 rings (SSSR count). The molecule has 1 atom stereocenters. The summed E-state index contributed by atoms with van der Waals surface area (Å²) in [7, 11) is 0. The monoisotopic (exact) mass is 374 g/mol. The van der Waals surface area contributed by atoms with E-state index in [-0.39, 0.29) is 11.6 Å². The van der Waals surface area contributed by atoms with Gasteiger partial charge in [0, 0.05) is 48.9 Å². The molecule has 0 amide bonds. The van der Waals surface area contributed by atoms with E-state index in [4.69, 9.17) is 0 Å². The van der Waals surface area contributed by atoms with Crippen molar-refractivity contribution in [3.63, 3.8) is 0 Å². The fraction of sp³-hybridized carbons (Fsp3) is 0.381.